The van der Waals surface area contributed by atoms with Crippen LogP contribution >= 0.6 is 0 Å². The Morgan fingerprint density at radius 3 is 2.35 bits per heavy atom. The van der Waals surface area contributed by atoms with Crippen LogP contribution in [0.2, 0.25) is 0 Å². The van der Waals surface area contributed by atoms with Crippen LogP contribution in [0.15, 0.2) is 48.8 Å². The molecule has 2 rings (SSSR count). The average molecular weight is 269 g/mol. The Kier molecular flexibility index (Phi) is 5.27. The molecule has 1 unspecified atom stereocenters. The summed E-state index contributed by atoms with van der Waals surface area (Å²) in [6, 6.07) is 13.2. The van der Waals surface area contributed by atoms with Crippen LogP contribution in [0.4, 0.5) is 0 Å². The van der Waals surface area contributed by atoms with Gasteiger partial charge in [-0.1, -0.05) is 29.8 Å². The molecular weight excluding hydrogens is 246 g/mol. The molecule has 0 bridgehead atoms. The first-order valence-corrected chi connectivity index (χ1v) is 7.00. The molecule has 106 valence electrons. The second kappa shape index (κ2) is 7.17. The first kappa shape index (κ1) is 14.7. The molecule has 3 heteroatoms. The van der Waals surface area contributed by atoms with Crippen molar-refractivity contribution < 1.29 is 0 Å². The standard InChI is InChI=1S/C17H23N3/c1-14-4-6-16(7-5-14)17(18-2)13-20(3)12-15-8-10-19-11-9-15/h4-11,17-18H,12-13H2,1-3H3. The van der Waals surface area contributed by atoms with Gasteiger partial charge in [-0.25, -0.2) is 0 Å². The number of hydrogen-bond acceptors (Lipinski definition) is 3. The van der Waals surface area contributed by atoms with Gasteiger partial charge in [-0.3, -0.25) is 4.98 Å². The number of nitrogens with one attached hydrogen (secondary N) is 1. The Labute approximate surface area is 121 Å². The van der Waals surface area contributed by atoms with E-state index in [0.717, 1.165) is 13.1 Å². The largest absolute Gasteiger partial charge is 0.312 e. The summed E-state index contributed by atoms with van der Waals surface area (Å²) >= 11 is 0. The summed E-state index contributed by atoms with van der Waals surface area (Å²) < 4.78 is 0. The topological polar surface area (TPSA) is 28.2 Å². The van der Waals surface area contributed by atoms with Crippen molar-refractivity contribution in [1.29, 1.82) is 0 Å². The van der Waals surface area contributed by atoms with Crippen LogP contribution in [0.25, 0.3) is 0 Å². The maximum absolute atomic E-state index is 4.05. The zero-order valence-electron chi connectivity index (χ0n) is 12.5. The number of likely N-dealkylation sites (N-methyl/N-ethyl adjacent to an activating group) is 2. The fourth-order valence-corrected chi connectivity index (χ4v) is 2.34. The Hall–Kier alpha value is -1.71. The van der Waals surface area contributed by atoms with E-state index in [1.54, 1.807) is 0 Å². The highest BCUT2D eigenvalue weighted by Crippen LogP contribution is 2.15. The van der Waals surface area contributed by atoms with Crippen molar-refractivity contribution in [2.24, 2.45) is 0 Å². The van der Waals surface area contributed by atoms with E-state index in [2.05, 4.69) is 65.6 Å². The Balaban J connectivity index is 1.97. The molecule has 0 saturated heterocycles. The number of hydrogen-bond donors (Lipinski definition) is 1. The molecule has 3 nitrogen and oxygen atoms in total. The first-order valence-electron chi connectivity index (χ1n) is 7.00. The quantitative estimate of drug-likeness (QED) is 0.874. The fourth-order valence-electron chi connectivity index (χ4n) is 2.34. The van der Waals surface area contributed by atoms with Gasteiger partial charge in [0.05, 0.1) is 0 Å². The predicted octanol–water partition coefficient (Wildman–Crippen LogP) is 2.78. The summed E-state index contributed by atoms with van der Waals surface area (Å²) in [6.45, 7) is 4.03. The van der Waals surface area contributed by atoms with Crippen molar-refractivity contribution in [1.82, 2.24) is 15.2 Å². The lowest BCUT2D eigenvalue weighted by Crippen LogP contribution is -2.31. The van der Waals surface area contributed by atoms with E-state index in [1.165, 1.54) is 16.7 Å². The van der Waals surface area contributed by atoms with Gasteiger partial charge in [-0.2, -0.15) is 0 Å². The van der Waals surface area contributed by atoms with Crippen LogP contribution in [0, 0.1) is 6.92 Å². The van der Waals surface area contributed by atoms with E-state index in [4.69, 9.17) is 0 Å². The molecule has 1 heterocycles. The Morgan fingerprint density at radius 2 is 1.75 bits per heavy atom. The van der Waals surface area contributed by atoms with Gasteiger partial charge in [0.1, 0.15) is 0 Å². The Morgan fingerprint density at radius 1 is 1.10 bits per heavy atom. The molecule has 0 spiro atoms. The van der Waals surface area contributed by atoms with Gasteiger partial charge >= 0.3 is 0 Å². The summed E-state index contributed by atoms with van der Waals surface area (Å²) in [5.41, 5.74) is 3.93. The second-order valence-corrected chi connectivity index (χ2v) is 5.30. The third-order valence-corrected chi connectivity index (χ3v) is 3.52. The van der Waals surface area contributed by atoms with Crippen molar-refractivity contribution in [3.63, 3.8) is 0 Å². The number of aromatic nitrogens is 1. The third-order valence-electron chi connectivity index (χ3n) is 3.52. The molecule has 0 fully saturated rings. The van der Waals surface area contributed by atoms with Crippen molar-refractivity contribution >= 4 is 0 Å². The number of pyridine rings is 1. The molecule has 2 aromatic rings. The van der Waals surface area contributed by atoms with E-state index >= 15 is 0 Å². The van der Waals surface area contributed by atoms with Crippen LogP contribution in [0.1, 0.15) is 22.7 Å². The third kappa shape index (κ3) is 4.15. The predicted molar refractivity (Wildman–Crippen MR) is 83.6 cm³/mol. The molecular formula is C17H23N3. The zero-order chi connectivity index (χ0) is 14.4. The van der Waals surface area contributed by atoms with Crippen molar-refractivity contribution in [3.8, 4) is 0 Å². The van der Waals surface area contributed by atoms with Crippen molar-refractivity contribution in [2.45, 2.75) is 19.5 Å². The van der Waals surface area contributed by atoms with E-state index < -0.39 is 0 Å². The summed E-state index contributed by atoms with van der Waals surface area (Å²) in [5, 5.41) is 3.40. The van der Waals surface area contributed by atoms with E-state index in [0.29, 0.717) is 6.04 Å². The molecule has 0 aliphatic carbocycles. The van der Waals surface area contributed by atoms with Gasteiger partial charge < -0.3 is 10.2 Å². The summed E-state index contributed by atoms with van der Waals surface area (Å²) in [7, 11) is 4.17. The zero-order valence-corrected chi connectivity index (χ0v) is 12.5. The second-order valence-electron chi connectivity index (χ2n) is 5.30. The SMILES string of the molecule is CNC(CN(C)Cc1ccncc1)c1ccc(C)cc1. The normalized spacial score (nSPS) is 12.6. The molecule has 0 amide bonds. The molecule has 0 radical (unpaired) electrons. The molecule has 1 aromatic carbocycles. The highest BCUT2D eigenvalue weighted by atomic mass is 15.1. The maximum Gasteiger partial charge on any atom is 0.0446 e. The van der Waals surface area contributed by atoms with Gasteiger partial charge in [0.2, 0.25) is 0 Å². The minimum atomic E-state index is 0.349. The average Bonchev–Trinajstić information content (AvgIpc) is 2.47. The van der Waals surface area contributed by atoms with Gasteiger partial charge in [-0.15, -0.1) is 0 Å². The molecule has 0 aliphatic heterocycles. The summed E-state index contributed by atoms with van der Waals surface area (Å²) in [4.78, 5) is 6.38. The first-order chi connectivity index (χ1) is 9.69. The lowest BCUT2D eigenvalue weighted by molar-refractivity contribution is 0.289. The van der Waals surface area contributed by atoms with Gasteiger partial charge in [0.25, 0.3) is 0 Å². The molecule has 0 aliphatic rings. The number of benzene rings is 1. The Bertz CT molecular complexity index is 508. The minimum Gasteiger partial charge on any atom is -0.312 e. The molecule has 1 aromatic heterocycles. The van der Waals surface area contributed by atoms with Gasteiger partial charge in [0.15, 0.2) is 0 Å². The highest BCUT2D eigenvalue weighted by Gasteiger charge is 2.12. The molecule has 20 heavy (non-hydrogen) atoms. The monoisotopic (exact) mass is 269 g/mol. The lowest BCUT2D eigenvalue weighted by Gasteiger charge is -2.24. The van der Waals surface area contributed by atoms with Crippen LogP contribution in [0.5, 0.6) is 0 Å². The van der Waals surface area contributed by atoms with E-state index in [1.807, 2.05) is 19.4 Å². The van der Waals surface area contributed by atoms with Gasteiger partial charge in [-0.05, 0) is 44.3 Å². The van der Waals surface area contributed by atoms with Crippen LogP contribution in [-0.2, 0) is 6.54 Å². The van der Waals surface area contributed by atoms with Gasteiger partial charge in [0, 0.05) is 31.5 Å². The summed E-state index contributed by atoms with van der Waals surface area (Å²) in [6.07, 6.45) is 3.69. The lowest BCUT2D eigenvalue weighted by atomic mass is 10.0. The van der Waals surface area contributed by atoms with Crippen LogP contribution in [-0.4, -0.2) is 30.5 Å². The molecule has 0 saturated carbocycles. The number of rotatable bonds is 6. The highest BCUT2D eigenvalue weighted by molar-refractivity contribution is 5.24. The minimum absolute atomic E-state index is 0.349. The summed E-state index contributed by atoms with van der Waals surface area (Å²) in [5.74, 6) is 0. The van der Waals surface area contributed by atoms with Crippen molar-refractivity contribution in [2.75, 3.05) is 20.6 Å². The molecule has 1 N–H and O–H groups in total. The van der Waals surface area contributed by atoms with Crippen LogP contribution < -0.4 is 5.32 Å². The maximum atomic E-state index is 4.05. The van der Waals surface area contributed by atoms with Crippen LogP contribution in [0.3, 0.4) is 0 Å². The van der Waals surface area contributed by atoms with E-state index in [-0.39, 0.29) is 0 Å². The number of aryl methyl sites for hydroxylation is 1. The molecule has 1 atom stereocenters. The van der Waals surface area contributed by atoms with Crippen molar-refractivity contribution in [3.05, 3.63) is 65.5 Å². The van der Waals surface area contributed by atoms with E-state index in [9.17, 15) is 0 Å². The smallest absolute Gasteiger partial charge is 0.0446 e. The number of nitrogens with zero attached hydrogens (tertiary/aromatic N) is 2. The fraction of sp³-hybridized carbons (Fsp3) is 0.353.